The molecule has 25 heavy (non-hydrogen) atoms. The van der Waals surface area contributed by atoms with Crippen LogP contribution in [0.2, 0.25) is 0 Å². The molecule has 0 aliphatic heterocycles. The van der Waals surface area contributed by atoms with Gasteiger partial charge in [-0.1, -0.05) is 18.2 Å². The monoisotopic (exact) mass is 349 g/mol. The molecule has 3 aromatic rings. The van der Waals surface area contributed by atoms with Crippen LogP contribution in [-0.2, 0) is 24.1 Å². The van der Waals surface area contributed by atoms with Crippen LogP contribution in [0, 0.1) is 0 Å². The van der Waals surface area contributed by atoms with E-state index < -0.39 is 0 Å². The summed E-state index contributed by atoms with van der Waals surface area (Å²) in [5.74, 6) is -0.0168. The molecule has 1 aromatic carbocycles. The maximum atomic E-state index is 12.5. The average molecular weight is 349 g/mol. The zero-order valence-electron chi connectivity index (χ0n) is 13.9. The second kappa shape index (κ2) is 7.15. The van der Waals surface area contributed by atoms with Crippen molar-refractivity contribution in [1.82, 2.24) is 9.97 Å². The maximum absolute atomic E-state index is 12.5. The molecule has 4 nitrogen and oxygen atoms in total. The van der Waals surface area contributed by atoms with E-state index in [9.17, 15) is 4.79 Å². The Labute approximate surface area is 151 Å². The molecular formula is C20H19N3OS. The Bertz CT molecular complexity index is 889. The number of pyridine rings is 1. The summed E-state index contributed by atoms with van der Waals surface area (Å²) >= 11 is 1.52. The van der Waals surface area contributed by atoms with Gasteiger partial charge in [-0.2, -0.15) is 0 Å². The van der Waals surface area contributed by atoms with Crippen molar-refractivity contribution in [3.8, 4) is 10.7 Å². The third-order valence-corrected chi connectivity index (χ3v) is 5.36. The van der Waals surface area contributed by atoms with Gasteiger partial charge >= 0.3 is 0 Å². The Balaban J connectivity index is 1.46. The molecule has 0 fully saturated rings. The first-order chi connectivity index (χ1) is 12.3. The number of carbonyl (C=O) groups is 1. The number of hydrogen-bond donors (Lipinski definition) is 1. The minimum Gasteiger partial charge on any atom is -0.325 e. The normalized spacial score (nSPS) is 13.3. The molecule has 0 unspecified atom stereocenters. The van der Waals surface area contributed by atoms with E-state index in [1.807, 2.05) is 35.7 Å². The van der Waals surface area contributed by atoms with Gasteiger partial charge in [0.15, 0.2) is 0 Å². The van der Waals surface area contributed by atoms with Crippen molar-refractivity contribution in [3.63, 3.8) is 0 Å². The number of carbonyl (C=O) groups excluding carboxylic acids is 1. The van der Waals surface area contributed by atoms with Crippen molar-refractivity contribution in [2.45, 2.75) is 32.1 Å². The average Bonchev–Trinajstić information content (AvgIpc) is 3.11. The minimum absolute atomic E-state index is 0.0168. The largest absolute Gasteiger partial charge is 0.325 e. The van der Waals surface area contributed by atoms with E-state index in [0.717, 1.165) is 34.9 Å². The highest BCUT2D eigenvalue weighted by Gasteiger charge is 2.15. The molecule has 1 N–H and O–H groups in total. The zero-order chi connectivity index (χ0) is 17.1. The van der Waals surface area contributed by atoms with Crippen LogP contribution >= 0.6 is 11.3 Å². The van der Waals surface area contributed by atoms with Crippen LogP contribution < -0.4 is 5.32 Å². The number of hydrogen-bond acceptors (Lipinski definition) is 4. The molecule has 0 bridgehead atoms. The molecule has 0 radical (unpaired) electrons. The van der Waals surface area contributed by atoms with Gasteiger partial charge in [0.1, 0.15) is 5.01 Å². The van der Waals surface area contributed by atoms with Gasteiger partial charge in [-0.05, 0) is 55.0 Å². The molecule has 4 rings (SSSR count). The number of thiazole rings is 1. The van der Waals surface area contributed by atoms with Gasteiger partial charge in [-0.15, -0.1) is 11.3 Å². The number of aromatic nitrogens is 2. The number of rotatable bonds is 4. The molecule has 1 aliphatic carbocycles. The Hall–Kier alpha value is -2.53. The molecule has 2 aromatic heterocycles. The molecule has 126 valence electrons. The lowest BCUT2D eigenvalue weighted by Gasteiger charge is -2.19. The van der Waals surface area contributed by atoms with E-state index >= 15 is 0 Å². The van der Waals surface area contributed by atoms with Gasteiger partial charge in [0.25, 0.3) is 0 Å². The van der Waals surface area contributed by atoms with Crippen LogP contribution in [-0.4, -0.2) is 15.9 Å². The first-order valence-corrected chi connectivity index (χ1v) is 9.44. The number of amides is 1. The second-order valence-electron chi connectivity index (χ2n) is 6.23. The van der Waals surface area contributed by atoms with Gasteiger partial charge in [-0.25, -0.2) is 4.98 Å². The molecule has 0 saturated carbocycles. The molecule has 0 atom stereocenters. The Kier molecular flexibility index (Phi) is 4.57. The number of aryl methyl sites for hydroxylation is 1. The highest BCUT2D eigenvalue weighted by Crippen LogP contribution is 2.28. The van der Waals surface area contributed by atoms with Crippen molar-refractivity contribution in [3.05, 3.63) is 64.8 Å². The molecule has 1 aliphatic rings. The van der Waals surface area contributed by atoms with E-state index in [0.29, 0.717) is 0 Å². The lowest BCUT2D eigenvalue weighted by molar-refractivity contribution is -0.115. The van der Waals surface area contributed by atoms with Gasteiger partial charge in [-0.3, -0.25) is 9.78 Å². The first kappa shape index (κ1) is 16.0. The summed E-state index contributed by atoms with van der Waals surface area (Å²) < 4.78 is 0. The molecule has 0 saturated heterocycles. The summed E-state index contributed by atoms with van der Waals surface area (Å²) in [6, 6.07) is 12.0. The standard InChI is InChI=1S/C20H19N3OS/c24-19(23-17-10-5-7-14-6-1-2-8-16(14)17)12-15-13-25-20(22-15)18-9-3-4-11-21-18/h3-5,7,9-11,13H,1-2,6,8,12H2,(H,23,24). The van der Waals surface area contributed by atoms with E-state index in [-0.39, 0.29) is 12.3 Å². The maximum Gasteiger partial charge on any atom is 0.230 e. The molecule has 5 heteroatoms. The van der Waals surface area contributed by atoms with Crippen molar-refractivity contribution >= 4 is 22.9 Å². The Morgan fingerprint density at radius 3 is 2.92 bits per heavy atom. The third kappa shape index (κ3) is 3.61. The van der Waals surface area contributed by atoms with Gasteiger partial charge in [0.2, 0.25) is 5.91 Å². The summed E-state index contributed by atoms with van der Waals surface area (Å²) in [6.07, 6.45) is 6.62. The predicted octanol–water partition coefficient (Wildman–Crippen LogP) is 4.27. The second-order valence-corrected chi connectivity index (χ2v) is 7.09. The molecular weight excluding hydrogens is 330 g/mol. The van der Waals surface area contributed by atoms with E-state index in [1.165, 1.54) is 35.3 Å². The highest BCUT2D eigenvalue weighted by molar-refractivity contribution is 7.13. The van der Waals surface area contributed by atoms with Crippen molar-refractivity contribution in [1.29, 1.82) is 0 Å². The smallest absolute Gasteiger partial charge is 0.230 e. The number of anilines is 1. The number of nitrogens with zero attached hydrogens (tertiary/aromatic N) is 2. The van der Waals surface area contributed by atoms with E-state index in [2.05, 4.69) is 21.4 Å². The summed E-state index contributed by atoms with van der Waals surface area (Å²) in [4.78, 5) is 21.3. The fourth-order valence-electron chi connectivity index (χ4n) is 3.25. The third-order valence-electron chi connectivity index (χ3n) is 4.45. The SMILES string of the molecule is O=C(Cc1csc(-c2ccccn2)n1)Nc1cccc2c1CCCC2. The lowest BCUT2D eigenvalue weighted by Crippen LogP contribution is -2.17. The highest BCUT2D eigenvalue weighted by atomic mass is 32.1. The van der Waals surface area contributed by atoms with Crippen LogP contribution in [0.25, 0.3) is 10.7 Å². The van der Waals surface area contributed by atoms with Gasteiger partial charge in [0.05, 0.1) is 17.8 Å². The summed E-state index contributed by atoms with van der Waals surface area (Å²) in [5, 5.41) is 5.86. The molecule has 1 amide bonds. The van der Waals surface area contributed by atoms with E-state index in [4.69, 9.17) is 0 Å². The van der Waals surface area contributed by atoms with Crippen LogP contribution in [0.4, 0.5) is 5.69 Å². The van der Waals surface area contributed by atoms with Crippen molar-refractivity contribution in [2.75, 3.05) is 5.32 Å². The Morgan fingerprint density at radius 2 is 2.04 bits per heavy atom. The topological polar surface area (TPSA) is 54.9 Å². The fraction of sp³-hybridized carbons (Fsp3) is 0.250. The van der Waals surface area contributed by atoms with Crippen LogP contribution in [0.15, 0.2) is 48.0 Å². The lowest BCUT2D eigenvalue weighted by atomic mass is 9.90. The number of benzene rings is 1. The van der Waals surface area contributed by atoms with Crippen LogP contribution in [0.3, 0.4) is 0 Å². The van der Waals surface area contributed by atoms with Crippen molar-refractivity contribution in [2.24, 2.45) is 0 Å². The number of fused-ring (bicyclic) bond motifs is 1. The zero-order valence-corrected chi connectivity index (χ0v) is 14.7. The predicted molar refractivity (Wildman–Crippen MR) is 101 cm³/mol. The van der Waals surface area contributed by atoms with Gasteiger partial charge in [0, 0.05) is 17.3 Å². The van der Waals surface area contributed by atoms with Crippen LogP contribution in [0.1, 0.15) is 29.7 Å². The quantitative estimate of drug-likeness (QED) is 0.765. The Morgan fingerprint density at radius 1 is 1.12 bits per heavy atom. The van der Waals surface area contributed by atoms with Crippen molar-refractivity contribution < 1.29 is 4.79 Å². The number of nitrogens with one attached hydrogen (secondary N) is 1. The summed E-state index contributed by atoms with van der Waals surface area (Å²) in [5.41, 5.74) is 5.26. The summed E-state index contributed by atoms with van der Waals surface area (Å²) in [7, 11) is 0. The van der Waals surface area contributed by atoms with Crippen LogP contribution in [0.5, 0.6) is 0 Å². The fourth-order valence-corrected chi connectivity index (χ4v) is 4.05. The van der Waals surface area contributed by atoms with Gasteiger partial charge < -0.3 is 5.32 Å². The van der Waals surface area contributed by atoms with E-state index in [1.54, 1.807) is 6.20 Å². The first-order valence-electron chi connectivity index (χ1n) is 8.56. The molecule has 2 heterocycles. The summed E-state index contributed by atoms with van der Waals surface area (Å²) in [6.45, 7) is 0. The molecule has 0 spiro atoms. The minimum atomic E-state index is -0.0168.